The maximum absolute atomic E-state index is 11.9. The average molecular weight is 263 g/mol. The maximum atomic E-state index is 11.9. The van der Waals surface area contributed by atoms with E-state index in [1.54, 1.807) is 0 Å². The standard InChI is InChI=1S/C15H25N3O/c1-5-12(10-16)9-15(19)17-14-7-6-13(18(3)4)8-11(14)2/h6-8,12H,5,9-10,16H2,1-4H3,(H,17,19). The third-order valence-corrected chi connectivity index (χ3v) is 3.39. The molecule has 1 aromatic carbocycles. The Hall–Kier alpha value is -1.55. The molecule has 0 aliphatic carbocycles. The van der Waals surface area contributed by atoms with Gasteiger partial charge in [-0.3, -0.25) is 4.79 Å². The molecule has 4 nitrogen and oxygen atoms in total. The zero-order valence-corrected chi connectivity index (χ0v) is 12.4. The first-order valence-electron chi connectivity index (χ1n) is 6.75. The van der Waals surface area contributed by atoms with E-state index in [0.29, 0.717) is 13.0 Å². The lowest BCUT2D eigenvalue weighted by Gasteiger charge is -2.16. The van der Waals surface area contributed by atoms with Crippen LogP contribution in [0.25, 0.3) is 0 Å². The zero-order valence-electron chi connectivity index (χ0n) is 12.4. The van der Waals surface area contributed by atoms with Gasteiger partial charge >= 0.3 is 0 Å². The molecule has 1 atom stereocenters. The first-order chi connectivity index (χ1) is 8.97. The summed E-state index contributed by atoms with van der Waals surface area (Å²) in [6.45, 7) is 4.62. The Morgan fingerprint density at radius 3 is 2.58 bits per heavy atom. The highest BCUT2D eigenvalue weighted by Gasteiger charge is 2.11. The van der Waals surface area contributed by atoms with Crippen LogP contribution in [-0.4, -0.2) is 26.5 Å². The van der Waals surface area contributed by atoms with Crippen molar-refractivity contribution in [3.8, 4) is 0 Å². The van der Waals surface area contributed by atoms with E-state index in [-0.39, 0.29) is 11.8 Å². The third kappa shape index (κ3) is 4.56. The van der Waals surface area contributed by atoms with E-state index in [1.165, 1.54) is 0 Å². The van der Waals surface area contributed by atoms with Gasteiger partial charge in [0.15, 0.2) is 0 Å². The van der Waals surface area contributed by atoms with Crippen molar-refractivity contribution >= 4 is 17.3 Å². The number of hydrogen-bond acceptors (Lipinski definition) is 3. The van der Waals surface area contributed by atoms with Crippen molar-refractivity contribution in [1.29, 1.82) is 0 Å². The van der Waals surface area contributed by atoms with E-state index in [9.17, 15) is 4.79 Å². The molecule has 1 amide bonds. The van der Waals surface area contributed by atoms with Crippen LogP contribution < -0.4 is 16.0 Å². The average Bonchev–Trinajstić information content (AvgIpc) is 2.38. The molecule has 0 radical (unpaired) electrons. The van der Waals surface area contributed by atoms with Crippen molar-refractivity contribution in [2.45, 2.75) is 26.7 Å². The molecule has 4 heteroatoms. The highest BCUT2D eigenvalue weighted by Crippen LogP contribution is 2.21. The van der Waals surface area contributed by atoms with Crippen molar-refractivity contribution in [3.05, 3.63) is 23.8 Å². The van der Waals surface area contributed by atoms with Gasteiger partial charge in [-0.25, -0.2) is 0 Å². The Balaban J connectivity index is 2.69. The Bertz CT molecular complexity index is 425. The summed E-state index contributed by atoms with van der Waals surface area (Å²) in [7, 11) is 4.00. The summed E-state index contributed by atoms with van der Waals surface area (Å²) in [5.74, 6) is 0.305. The van der Waals surface area contributed by atoms with Crippen LogP contribution >= 0.6 is 0 Å². The molecule has 1 aromatic rings. The molecule has 0 bridgehead atoms. The lowest BCUT2D eigenvalue weighted by atomic mass is 10.0. The topological polar surface area (TPSA) is 58.4 Å². The number of aryl methyl sites for hydroxylation is 1. The monoisotopic (exact) mass is 263 g/mol. The number of carbonyl (C=O) groups excluding carboxylic acids is 1. The molecule has 106 valence electrons. The second-order valence-electron chi connectivity index (χ2n) is 5.16. The summed E-state index contributed by atoms with van der Waals surface area (Å²) in [4.78, 5) is 14.0. The fraction of sp³-hybridized carbons (Fsp3) is 0.533. The number of anilines is 2. The molecular formula is C15H25N3O. The number of benzene rings is 1. The molecule has 0 saturated carbocycles. The number of nitrogens with two attached hydrogens (primary N) is 1. The van der Waals surface area contributed by atoms with E-state index in [2.05, 4.69) is 18.3 Å². The number of nitrogens with one attached hydrogen (secondary N) is 1. The zero-order chi connectivity index (χ0) is 14.4. The van der Waals surface area contributed by atoms with Crippen LogP contribution in [0.4, 0.5) is 11.4 Å². The van der Waals surface area contributed by atoms with Gasteiger partial charge in [0.05, 0.1) is 0 Å². The second-order valence-corrected chi connectivity index (χ2v) is 5.16. The van der Waals surface area contributed by atoms with Crippen molar-refractivity contribution in [2.75, 3.05) is 30.9 Å². The minimum Gasteiger partial charge on any atom is -0.378 e. The smallest absolute Gasteiger partial charge is 0.224 e. The summed E-state index contributed by atoms with van der Waals surface area (Å²) in [6.07, 6.45) is 1.42. The molecule has 0 aliphatic heterocycles. The molecule has 0 aliphatic rings. The molecule has 19 heavy (non-hydrogen) atoms. The number of hydrogen-bond donors (Lipinski definition) is 2. The quantitative estimate of drug-likeness (QED) is 0.828. The summed E-state index contributed by atoms with van der Waals surface area (Å²) in [6, 6.07) is 6.02. The van der Waals surface area contributed by atoms with E-state index < -0.39 is 0 Å². The minimum atomic E-state index is 0.0398. The summed E-state index contributed by atoms with van der Waals surface area (Å²) in [5, 5.41) is 2.96. The van der Waals surface area contributed by atoms with Crippen molar-refractivity contribution in [3.63, 3.8) is 0 Å². The molecule has 0 heterocycles. The van der Waals surface area contributed by atoms with Gasteiger partial charge in [0.2, 0.25) is 5.91 Å². The van der Waals surface area contributed by atoms with Crippen LogP contribution in [0.15, 0.2) is 18.2 Å². The number of amides is 1. The van der Waals surface area contributed by atoms with Gasteiger partial charge in [0.25, 0.3) is 0 Å². The van der Waals surface area contributed by atoms with Crippen LogP contribution in [0, 0.1) is 12.8 Å². The van der Waals surface area contributed by atoms with E-state index in [0.717, 1.165) is 23.4 Å². The van der Waals surface area contributed by atoms with Crippen LogP contribution in [-0.2, 0) is 4.79 Å². The third-order valence-electron chi connectivity index (χ3n) is 3.39. The van der Waals surface area contributed by atoms with Crippen LogP contribution in [0.2, 0.25) is 0 Å². The fourth-order valence-corrected chi connectivity index (χ4v) is 1.92. The molecule has 1 unspecified atom stereocenters. The summed E-state index contributed by atoms with van der Waals surface area (Å²) >= 11 is 0. The van der Waals surface area contributed by atoms with Gasteiger partial charge in [-0.15, -0.1) is 0 Å². The Kier molecular flexibility index (Phi) is 5.83. The molecule has 0 spiro atoms. The van der Waals surface area contributed by atoms with Crippen LogP contribution in [0.3, 0.4) is 0 Å². The Morgan fingerprint density at radius 1 is 1.42 bits per heavy atom. The predicted octanol–water partition coefficient (Wildman–Crippen LogP) is 2.37. The first-order valence-corrected chi connectivity index (χ1v) is 6.75. The molecule has 0 fully saturated rings. The predicted molar refractivity (Wildman–Crippen MR) is 81.6 cm³/mol. The van der Waals surface area contributed by atoms with E-state index >= 15 is 0 Å². The minimum absolute atomic E-state index is 0.0398. The van der Waals surface area contributed by atoms with E-state index in [4.69, 9.17) is 5.73 Å². The second kappa shape index (κ2) is 7.14. The lowest BCUT2D eigenvalue weighted by molar-refractivity contribution is -0.117. The Morgan fingerprint density at radius 2 is 2.11 bits per heavy atom. The molecule has 1 rings (SSSR count). The summed E-state index contributed by atoms with van der Waals surface area (Å²) < 4.78 is 0. The molecule has 0 aromatic heterocycles. The normalized spacial score (nSPS) is 12.1. The first kappa shape index (κ1) is 15.5. The van der Waals surface area contributed by atoms with Crippen LogP contribution in [0.5, 0.6) is 0 Å². The Labute approximate surface area is 116 Å². The maximum Gasteiger partial charge on any atom is 0.224 e. The molecule has 3 N–H and O–H groups in total. The number of rotatable bonds is 6. The van der Waals surface area contributed by atoms with Crippen molar-refractivity contribution in [1.82, 2.24) is 0 Å². The van der Waals surface area contributed by atoms with Gasteiger partial charge in [-0.2, -0.15) is 0 Å². The van der Waals surface area contributed by atoms with Gasteiger partial charge < -0.3 is 16.0 Å². The number of nitrogens with zero attached hydrogens (tertiary/aromatic N) is 1. The number of carbonyl (C=O) groups is 1. The van der Waals surface area contributed by atoms with Crippen molar-refractivity contribution < 1.29 is 4.79 Å². The van der Waals surface area contributed by atoms with Gasteiger partial charge in [-0.05, 0) is 43.1 Å². The van der Waals surface area contributed by atoms with Gasteiger partial charge in [0, 0.05) is 31.9 Å². The van der Waals surface area contributed by atoms with Crippen LogP contribution in [0.1, 0.15) is 25.3 Å². The van der Waals surface area contributed by atoms with Crippen molar-refractivity contribution in [2.24, 2.45) is 11.7 Å². The highest BCUT2D eigenvalue weighted by atomic mass is 16.1. The van der Waals surface area contributed by atoms with Gasteiger partial charge in [-0.1, -0.05) is 13.3 Å². The lowest BCUT2D eigenvalue weighted by Crippen LogP contribution is -2.22. The molecular weight excluding hydrogens is 238 g/mol. The fourth-order valence-electron chi connectivity index (χ4n) is 1.92. The molecule has 0 saturated heterocycles. The van der Waals surface area contributed by atoms with E-state index in [1.807, 2.05) is 38.1 Å². The largest absolute Gasteiger partial charge is 0.378 e. The van der Waals surface area contributed by atoms with Gasteiger partial charge in [0.1, 0.15) is 0 Å². The highest BCUT2D eigenvalue weighted by molar-refractivity contribution is 5.91. The SMILES string of the molecule is CCC(CN)CC(=O)Nc1ccc(N(C)C)cc1C. The summed E-state index contributed by atoms with van der Waals surface area (Å²) in [5.41, 5.74) is 8.70.